The number of unbranched alkanes of at least 4 members (excludes halogenated alkanes) is 2. The van der Waals surface area contributed by atoms with Gasteiger partial charge in [-0.1, -0.05) is 74.3 Å². The standard InChI is InChI=1S/C39H57N9O4.C35H57N9O5/c1-38-20-18-28(23-27(38)14-15-29-30-16-17-33(49)39(30,2)21-19-31(29)38)42-44-37(52)32(41-35(51)25-48(3,4)5)13-9-10-22-40-34(50)24-47-45-36(43-46-47)26-11-7-6-8-12-26;1-34-16-14-24(19-23(34)10-11-25-26-12-13-29(45)35(26,2)17-15-27(25)34)41-49-22-32(47)36-18-8-7-9-28(38-31(46)21-44(4,5)6)33(48)37-20-30-39-42-43(3)40-30/h6-8,11-12,23,29-33,49H,9-10,13-22,24-25H2,1-5H3,(H2-,40,41,44,50,51,52);19,25-29,45H,7-18,20-22H2,1-6H3,(H2-,36,37,38,46,47,48)/p+2/b42-28+;41-24+/t29-,30-,31-,32-,33+,38-,39-;25-,26-,27-,28-,29+,34-,35-/m00/s1. The maximum absolute atomic E-state index is 13.5. The molecule has 0 aliphatic heterocycles. The molecule has 2 heterocycles. The van der Waals surface area contributed by atoms with Gasteiger partial charge >= 0.3 is 0 Å². The van der Waals surface area contributed by atoms with Crippen LogP contribution in [-0.2, 0) is 53.7 Å². The highest BCUT2D eigenvalue weighted by molar-refractivity contribution is 5.98. The van der Waals surface area contributed by atoms with Crippen molar-refractivity contribution < 1.29 is 52.8 Å². The van der Waals surface area contributed by atoms with Gasteiger partial charge in [0, 0.05) is 18.7 Å². The average molecular weight is 1400 g/mol. The molecule has 6 saturated carbocycles. The lowest BCUT2D eigenvalue weighted by Gasteiger charge is -2.57. The molecule has 0 radical (unpaired) electrons. The zero-order chi connectivity index (χ0) is 72.5. The third-order valence-corrected chi connectivity index (χ3v) is 24.3. The summed E-state index contributed by atoms with van der Waals surface area (Å²) in [5.74, 6) is 3.19. The van der Waals surface area contributed by atoms with Crippen LogP contribution in [0.1, 0.15) is 175 Å². The summed E-state index contributed by atoms with van der Waals surface area (Å²) in [6.45, 7) is 10.8. The van der Waals surface area contributed by atoms with E-state index < -0.39 is 12.1 Å². The van der Waals surface area contributed by atoms with Crippen molar-refractivity contribution in [3.05, 3.63) is 59.5 Å². The number of hydrogen-bond donors (Lipinski definition) is 8. The van der Waals surface area contributed by atoms with Crippen LogP contribution in [0.4, 0.5) is 0 Å². The van der Waals surface area contributed by atoms with Gasteiger partial charge in [-0.05, 0) is 221 Å². The van der Waals surface area contributed by atoms with E-state index in [1.807, 2.05) is 72.6 Å². The Morgan fingerprint density at radius 1 is 0.594 bits per heavy atom. The highest BCUT2D eigenvalue weighted by atomic mass is 16.6. The summed E-state index contributed by atoms with van der Waals surface area (Å²) in [6.07, 6.45) is 24.4. The smallest absolute Gasteiger partial charge is 0.275 e. The number of carbonyl (C=O) groups is 6. The Hall–Kier alpha value is -7.36. The van der Waals surface area contributed by atoms with E-state index in [1.165, 1.54) is 40.0 Å². The van der Waals surface area contributed by atoms with Crippen LogP contribution in [0.2, 0.25) is 0 Å². The van der Waals surface area contributed by atoms with Crippen LogP contribution >= 0.6 is 0 Å². The van der Waals surface area contributed by atoms with Gasteiger partial charge in [0.05, 0.1) is 79.5 Å². The van der Waals surface area contributed by atoms with E-state index in [-0.39, 0.29) is 102 Å². The molecule has 1 aromatic carbocycles. The van der Waals surface area contributed by atoms with Crippen LogP contribution in [0.15, 0.2) is 63.9 Å². The molecule has 101 heavy (non-hydrogen) atoms. The number of hydrogen-bond acceptors (Lipinski definition) is 17. The SMILES string of the molecule is C[C@]12CC[C@H]3[C@@H](CCC4=C/C(=N/NC(=O)[C@H](CCCCNC(=O)Cn5nnc(-c6ccccc6)n5)NC(=O)C[N+](C)(C)C)CC[C@@]43C)[C@@H]1CC[C@H]2O.Cn1nnc(CNC(=O)[C@H](CCCCNC(=O)CO/N=C2/C=C3CC[C@H]4[C@@H]5CC[C@@H](O)[C@@]5(C)CC[C@@H]4[C@@]3(C)CC2)NC(=O)C[N+](C)(C)C)n1. The molecule has 27 nitrogen and oxygen atoms in total. The summed E-state index contributed by atoms with van der Waals surface area (Å²) in [7, 11) is 13.2. The van der Waals surface area contributed by atoms with E-state index in [2.05, 4.69) is 113 Å². The molecule has 0 bridgehead atoms. The molecule has 14 atom stereocenters. The van der Waals surface area contributed by atoms with Crippen LogP contribution in [0.25, 0.3) is 11.4 Å². The van der Waals surface area contributed by atoms with Crippen molar-refractivity contribution in [3.8, 4) is 11.4 Å². The Balaban J connectivity index is 0.000000218. The van der Waals surface area contributed by atoms with Crippen molar-refractivity contribution in [2.75, 3.05) is 75.1 Å². The summed E-state index contributed by atoms with van der Waals surface area (Å²) in [5, 5.41) is 68.8. The number of oxime groups is 1. The number of likely N-dealkylation sites (N-methyl/N-ethyl adjacent to an activating group) is 2. The van der Waals surface area contributed by atoms with Crippen molar-refractivity contribution in [2.24, 2.45) is 74.5 Å². The number of aliphatic hydroxyl groups is 2. The van der Waals surface area contributed by atoms with Gasteiger partial charge in [0.25, 0.3) is 23.6 Å². The lowest BCUT2D eigenvalue weighted by atomic mass is 9.47. The normalized spacial score (nSPS) is 30.2. The number of tetrazole rings is 2. The Kier molecular flexibility index (Phi) is 24.6. The minimum Gasteiger partial charge on any atom is -0.393 e. The zero-order valence-electron chi connectivity index (χ0n) is 61.9. The lowest BCUT2D eigenvalue weighted by molar-refractivity contribution is -0.862. The van der Waals surface area contributed by atoms with E-state index in [0.29, 0.717) is 108 Å². The number of carbonyl (C=O) groups excluding carboxylic acids is 6. The average Bonchev–Trinajstić information content (AvgIpc) is 1.71. The molecule has 8 N–H and O–H groups in total. The van der Waals surface area contributed by atoms with Crippen LogP contribution in [0.5, 0.6) is 0 Å². The number of aryl methyl sites for hydroxylation is 1. The minimum atomic E-state index is -0.745. The van der Waals surface area contributed by atoms with Crippen molar-refractivity contribution in [1.29, 1.82) is 0 Å². The Morgan fingerprint density at radius 3 is 1.67 bits per heavy atom. The molecule has 11 rings (SSSR count). The first kappa shape index (κ1) is 76.3. The number of amides is 6. The molecule has 0 spiro atoms. The zero-order valence-corrected chi connectivity index (χ0v) is 61.9. The number of nitrogens with zero attached hydrogens (tertiary/aromatic N) is 12. The number of hydrazone groups is 1. The van der Waals surface area contributed by atoms with E-state index >= 15 is 0 Å². The summed E-state index contributed by atoms with van der Waals surface area (Å²) in [5.41, 5.74) is 8.79. The number of rotatable bonds is 27. The second kappa shape index (κ2) is 32.5. The van der Waals surface area contributed by atoms with Gasteiger partial charge in [0.2, 0.25) is 17.6 Å². The van der Waals surface area contributed by atoms with Gasteiger partial charge in [0.15, 0.2) is 25.5 Å². The number of quaternary nitrogens is 2. The van der Waals surface area contributed by atoms with Crippen LogP contribution in [0.3, 0.4) is 0 Å². The molecular weight excluding hydrogens is 1280 g/mol. The Morgan fingerprint density at radius 2 is 1.13 bits per heavy atom. The number of nitrogens with one attached hydrogen (secondary N) is 6. The molecule has 27 heteroatoms. The van der Waals surface area contributed by atoms with E-state index in [1.54, 1.807) is 7.05 Å². The summed E-state index contributed by atoms with van der Waals surface area (Å²) < 4.78 is 0.879. The third kappa shape index (κ3) is 18.9. The molecular formula is C74H116N18O9+2. The Labute approximate surface area is 596 Å². The van der Waals surface area contributed by atoms with Crippen LogP contribution < -0.4 is 32.0 Å². The molecule has 2 aromatic heterocycles. The fourth-order valence-electron chi connectivity index (χ4n) is 18.8. The van der Waals surface area contributed by atoms with Gasteiger partial charge in [-0.15, -0.1) is 20.4 Å². The maximum Gasteiger partial charge on any atom is 0.275 e. The molecule has 0 unspecified atom stereocenters. The first-order valence-electron chi connectivity index (χ1n) is 37.3. The van der Waals surface area contributed by atoms with Crippen molar-refractivity contribution in [3.63, 3.8) is 0 Å². The number of fused-ring (bicyclic) bond motifs is 10. The first-order chi connectivity index (χ1) is 47.9. The van der Waals surface area contributed by atoms with Gasteiger partial charge < -0.3 is 50.6 Å². The second-order valence-corrected chi connectivity index (χ2v) is 33.5. The first-order valence-corrected chi connectivity index (χ1v) is 37.3. The van der Waals surface area contributed by atoms with Gasteiger partial charge in [0.1, 0.15) is 18.6 Å². The predicted octanol–water partition coefficient (Wildman–Crippen LogP) is 5.61. The largest absolute Gasteiger partial charge is 0.393 e. The molecule has 554 valence electrons. The van der Waals surface area contributed by atoms with E-state index in [4.69, 9.17) is 4.84 Å². The highest BCUT2D eigenvalue weighted by Crippen LogP contribution is 2.67. The summed E-state index contributed by atoms with van der Waals surface area (Å²) in [4.78, 5) is 85.0. The fourth-order valence-corrected chi connectivity index (χ4v) is 18.8. The molecule has 6 fully saturated rings. The number of benzene rings is 1. The Bertz CT molecular complexity index is 3540. The number of aliphatic hydroxyl groups excluding tert-OH is 2. The van der Waals surface area contributed by atoms with Crippen LogP contribution in [-0.4, -0.2) is 206 Å². The monoisotopic (exact) mass is 1400 g/mol. The van der Waals surface area contributed by atoms with Crippen molar-refractivity contribution >= 4 is 46.9 Å². The molecule has 8 aliphatic carbocycles. The minimum absolute atomic E-state index is 0.0487. The fraction of sp³-hybridized carbons (Fsp3) is 0.730. The van der Waals surface area contributed by atoms with Crippen LogP contribution in [0, 0.1) is 57.2 Å². The van der Waals surface area contributed by atoms with Gasteiger partial charge in [-0.2, -0.15) is 14.7 Å². The van der Waals surface area contributed by atoms with Gasteiger partial charge in [-0.3, -0.25) is 28.8 Å². The highest BCUT2D eigenvalue weighted by Gasteiger charge is 2.60. The summed E-state index contributed by atoms with van der Waals surface area (Å²) >= 11 is 0. The van der Waals surface area contributed by atoms with E-state index in [0.717, 1.165) is 100 Å². The van der Waals surface area contributed by atoms with Gasteiger partial charge in [-0.25, -0.2) is 5.43 Å². The molecule has 6 amide bonds. The number of allylic oxidation sites excluding steroid dienone is 4. The molecule has 8 aliphatic rings. The quantitative estimate of drug-likeness (QED) is 0.0261. The van der Waals surface area contributed by atoms with E-state index in [9.17, 15) is 39.0 Å². The number of aromatic nitrogens is 8. The maximum atomic E-state index is 13.5. The predicted molar refractivity (Wildman–Crippen MR) is 382 cm³/mol. The van der Waals surface area contributed by atoms with Crippen molar-refractivity contribution in [1.82, 2.24) is 72.4 Å². The molecule has 3 aromatic rings. The van der Waals surface area contributed by atoms with Crippen molar-refractivity contribution in [2.45, 2.75) is 206 Å². The summed E-state index contributed by atoms with van der Waals surface area (Å²) in [6, 6.07) is 7.99. The molecule has 0 saturated heterocycles. The third-order valence-electron chi connectivity index (χ3n) is 24.3. The topological polar surface area (TPSA) is 336 Å². The lowest BCUT2D eigenvalue weighted by Crippen LogP contribution is -2.51. The second-order valence-electron chi connectivity index (χ2n) is 33.5.